The maximum atomic E-state index is 12.5. The average Bonchev–Trinajstić information content (AvgIpc) is 2.57. The summed E-state index contributed by atoms with van der Waals surface area (Å²) in [5, 5.41) is 14.4. The molecule has 150 valence electrons. The third kappa shape index (κ3) is 4.30. The van der Waals surface area contributed by atoms with Crippen LogP contribution in [0.25, 0.3) is 0 Å². The van der Waals surface area contributed by atoms with Crippen molar-refractivity contribution in [2.45, 2.75) is 71.1 Å². The highest BCUT2D eigenvalue weighted by Gasteiger charge is 2.50. The first-order valence-corrected chi connectivity index (χ1v) is 10.9. The van der Waals surface area contributed by atoms with E-state index in [0.717, 1.165) is 19.3 Å². The van der Waals surface area contributed by atoms with Crippen LogP contribution in [0.5, 0.6) is 5.75 Å². The number of amides is 1. The Morgan fingerprint density at radius 3 is 2.78 bits per heavy atom. The first-order valence-electron chi connectivity index (χ1n) is 9.76. The topological polar surface area (TPSA) is 58.6 Å². The second-order valence-electron chi connectivity index (χ2n) is 8.78. The summed E-state index contributed by atoms with van der Waals surface area (Å²) in [6.07, 6.45) is 3.51. The van der Waals surface area contributed by atoms with Gasteiger partial charge in [0.1, 0.15) is 5.75 Å². The Morgan fingerprint density at radius 2 is 2.11 bits per heavy atom. The normalized spacial score (nSPS) is 33.6. The molecule has 1 saturated carbocycles. The Labute approximate surface area is 175 Å². The summed E-state index contributed by atoms with van der Waals surface area (Å²) in [6, 6.07) is 3.44. The number of carbonyl (C=O) groups excluding carboxylic acids is 1. The first kappa shape index (κ1) is 20.9. The van der Waals surface area contributed by atoms with Crippen molar-refractivity contribution in [2.24, 2.45) is 17.8 Å². The number of fused-ring (bicyclic) bond motifs is 1. The van der Waals surface area contributed by atoms with E-state index in [9.17, 15) is 9.90 Å². The fourth-order valence-corrected chi connectivity index (χ4v) is 5.42. The Kier molecular flexibility index (Phi) is 6.14. The molecule has 1 aromatic carbocycles. The van der Waals surface area contributed by atoms with Gasteiger partial charge in [0.25, 0.3) is 0 Å². The molecule has 0 radical (unpaired) electrons. The molecule has 27 heavy (non-hydrogen) atoms. The van der Waals surface area contributed by atoms with E-state index in [1.165, 1.54) is 0 Å². The maximum absolute atomic E-state index is 12.5. The molecule has 0 aromatic heterocycles. The van der Waals surface area contributed by atoms with Gasteiger partial charge in [-0.1, -0.05) is 38.8 Å². The molecule has 2 fully saturated rings. The van der Waals surface area contributed by atoms with Crippen molar-refractivity contribution < 1.29 is 14.6 Å². The minimum Gasteiger partial charge on any atom is -0.506 e. The van der Waals surface area contributed by atoms with Crippen LogP contribution in [0.3, 0.4) is 0 Å². The molecule has 4 nitrogen and oxygen atoms in total. The molecule has 1 heterocycles. The van der Waals surface area contributed by atoms with Gasteiger partial charge in [0.2, 0.25) is 5.91 Å². The van der Waals surface area contributed by atoms with E-state index in [4.69, 9.17) is 16.3 Å². The molecule has 1 aromatic rings. The molecule has 1 aliphatic heterocycles. The van der Waals surface area contributed by atoms with Gasteiger partial charge in [-0.3, -0.25) is 4.79 Å². The predicted molar refractivity (Wildman–Crippen MR) is 111 cm³/mol. The zero-order chi connectivity index (χ0) is 19.9. The van der Waals surface area contributed by atoms with Crippen LogP contribution in [0.2, 0.25) is 5.02 Å². The van der Waals surface area contributed by atoms with Crippen LogP contribution in [-0.2, 0) is 9.53 Å². The molecule has 0 spiro atoms. The number of hydrogen-bond donors (Lipinski definition) is 2. The monoisotopic (exact) mass is 457 g/mol. The number of nitrogens with one attached hydrogen (secondary N) is 1. The zero-order valence-electron chi connectivity index (χ0n) is 16.4. The number of rotatable bonds is 3. The summed E-state index contributed by atoms with van der Waals surface area (Å²) in [4.78, 5) is 12.5. The molecule has 1 aliphatic carbocycles. The molecule has 0 bridgehead atoms. The number of ether oxygens (including phenoxy) is 1. The third-order valence-electron chi connectivity index (χ3n) is 6.16. The van der Waals surface area contributed by atoms with Crippen LogP contribution in [0.15, 0.2) is 16.6 Å². The van der Waals surface area contributed by atoms with Gasteiger partial charge in [0.05, 0.1) is 16.7 Å². The van der Waals surface area contributed by atoms with Gasteiger partial charge in [-0.05, 0) is 53.7 Å². The van der Waals surface area contributed by atoms with Crippen LogP contribution in [0.4, 0.5) is 0 Å². The molecule has 1 amide bonds. The van der Waals surface area contributed by atoms with E-state index in [-0.39, 0.29) is 41.2 Å². The number of hydrogen-bond acceptors (Lipinski definition) is 3. The number of carbonyl (C=O) groups is 1. The summed E-state index contributed by atoms with van der Waals surface area (Å²) in [6.45, 7) is 8.21. The summed E-state index contributed by atoms with van der Waals surface area (Å²) >= 11 is 9.60. The van der Waals surface area contributed by atoms with Crippen LogP contribution in [-0.4, -0.2) is 22.7 Å². The average molecular weight is 459 g/mol. The van der Waals surface area contributed by atoms with Crippen molar-refractivity contribution in [2.75, 3.05) is 0 Å². The lowest BCUT2D eigenvalue weighted by Gasteiger charge is -2.52. The third-order valence-corrected chi connectivity index (χ3v) is 6.98. The summed E-state index contributed by atoms with van der Waals surface area (Å²) in [5.74, 6) is 1.02. The van der Waals surface area contributed by atoms with Gasteiger partial charge in [-0.25, -0.2) is 0 Å². The zero-order valence-corrected chi connectivity index (χ0v) is 18.7. The van der Waals surface area contributed by atoms with Gasteiger partial charge in [0.15, 0.2) is 0 Å². The first-order chi connectivity index (χ1) is 12.6. The van der Waals surface area contributed by atoms with E-state index in [0.29, 0.717) is 27.4 Å². The highest BCUT2D eigenvalue weighted by Crippen LogP contribution is 2.50. The smallest absolute Gasteiger partial charge is 0.222 e. The van der Waals surface area contributed by atoms with Gasteiger partial charge in [-0.2, -0.15) is 0 Å². The largest absolute Gasteiger partial charge is 0.506 e. The lowest BCUT2D eigenvalue weighted by Crippen LogP contribution is -2.61. The van der Waals surface area contributed by atoms with Crippen molar-refractivity contribution in [3.05, 3.63) is 27.2 Å². The molecule has 2 N–H and O–H groups in total. The lowest BCUT2D eigenvalue weighted by molar-refractivity contribution is -0.155. The van der Waals surface area contributed by atoms with Gasteiger partial charge in [-0.15, -0.1) is 0 Å². The molecule has 0 unspecified atom stereocenters. The number of halogens is 2. The Hall–Kier alpha value is -0.780. The van der Waals surface area contributed by atoms with Crippen LogP contribution in [0, 0.1) is 17.8 Å². The molecule has 1 saturated heterocycles. The SMILES string of the molecule is CC(C)C(=O)N[C@]1(C)C[C@H](c2cc(Cl)cc(Br)c2O)O[C@@H]2C[C@H](C)CC[C@H]21. The van der Waals surface area contributed by atoms with E-state index in [1.54, 1.807) is 12.1 Å². The minimum absolute atomic E-state index is 0.0575. The number of phenols is 1. The fourth-order valence-electron chi connectivity index (χ4n) is 4.59. The van der Waals surface area contributed by atoms with E-state index >= 15 is 0 Å². The van der Waals surface area contributed by atoms with E-state index in [1.807, 2.05) is 13.8 Å². The maximum Gasteiger partial charge on any atom is 0.222 e. The molecule has 2 aliphatic rings. The summed E-state index contributed by atoms with van der Waals surface area (Å²) in [5.41, 5.74) is 0.298. The molecule has 5 atom stereocenters. The van der Waals surface area contributed by atoms with Crippen molar-refractivity contribution >= 4 is 33.4 Å². The van der Waals surface area contributed by atoms with E-state index in [2.05, 4.69) is 35.1 Å². The molecule has 6 heteroatoms. The Morgan fingerprint density at radius 1 is 1.41 bits per heavy atom. The molecular formula is C21H29BrClNO3. The Balaban J connectivity index is 1.97. The molecule has 3 rings (SSSR count). The highest BCUT2D eigenvalue weighted by atomic mass is 79.9. The van der Waals surface area contributed by atoms with Crippen molar-refractivity contribution in [3.8, 4) is 5.75 Å². The Bertz CT molecular complexity index is 726. The summed E-state index contributed by atoms with van der Waals surface area (Å²) < 4.78 is 7.04. The van der Waals surface area contributed by atoms with Gasteiger partial charge < -0.3 is 15.2 Å². The number of aromatic hydroxyl groups is 1. The minimum atomic E-state index is -0.379. The highest BCUT2D eigenvalue weighted by molar-refractivity contribution is 9.10. The standard InChI is InChI=1S/C21H29BrClNO3/c1-11(2)20(26)24-21(4)10-18(14-8-13(23)9-16(22)19(14)25)27-17-7-12(3)5-6-15(17)21/h8-9,11-12,15,17-18,25H,5-7,10H2,1-4H3,(H,24,26)/t12-,15-,17-,18-,21-/m1/s1. The van der Waals surface area contributed by atoms with Gasteiger partial charge >= 0.3 is 0 Å². The second kappa shape index (κ2) is 7.92. The number of phenolic OH excluding ortho intramolecular Hbond substituents is 1. The van der Waals surface area contributed by atoms with Crippen molar-refractivity contribution in [1.29, 1.82) is 0 Å². The van der Waals surface area contributed by atoms with Crippen LogP contribution >= 0.6 is 27.5 Å². The fraction of sp³-hybridized carbons (Fsp3) is 0.667. The van der Waals surface area contributed by atoms with Gasteiger partial charge in [0, 0.05) is 34.4 Å². The van der Waals surface area contributed by atoms with Crippen molar-refractivity contribution in [1.82, 2.24) is 5.32 Å². The second-order valence-corrected chi connectivity index (χ2v) is 10.1. The molecular weight excluding hydrogens is 430 g/mol. The summed E-state index contributed by atoms with van der Waals surface area (Å²) in [7, 11) is 0. The predicted octanol–water partition coefficient (Wildman–Crippen LogP) is 5.61. The van der Waals surface area contributed by atoms with Crippen LogP contribution < -0.4 is 5.32 Å². The quantitative estimate of drug-likeness (QED) is 0.619. The lowest BCUT2D eigenvalue weighted by atomic mass is 9.66. The van der Waals surface area contributed by atoms with Crippen molar-refractivity contribution in [3.63, 3.8) is 0 Å². The van der Waals surface area contributed by atoms with Crippen LogP contribution in [0.1, 0.15) is 65.0 Å². The number of benzene rings is 1. The van der Waals surface area contributed by atoms with E-state index < -0.39 is 0 Å².